The zero-order valence-electron chi connectivity index (χ0n) is 17.2. The molecule has 1 aliphatic carbocycles. The van der Waals surface area contributed by atoms with E-state index in [1.54, 1.807) is 0 Å². The van der Waals surface area contributed by atoms with Gasteiger partial charge in [-0.1, -0.05) is 27.7 Å². The highest BCUT2D eigenvalue weighted by molar-refractivity contribution is 5.78. The Balaban J connectivity index is 0.00000184. The first-order valence-corrected chi connectivity index (χ1v) is 9.78. The van der Waals surface area contributed by atoms with Crippen LogP contribution in [0.25, 0.3) is 0 Å². The topological polar surface area (TPSA) is 55.1 Å². The van der Waals surface area contributed by atoms with Crippen molar-refractivity contribution in [3.8, 4) is 0 Å². The van der Waals surface area contributed by atoms with Gasteiger partial charge in [-0.05, 0) is 49.4 Å². The van der Waals surface area contributed by atoms with E-state index in [4.69, 9.17) is 5.73 Å². The molecule has 0 unspecified atom stereocenters. The van der Waals surface area contributed by atoms with Gasteiger partial charge < -0.3 is 11.1 Å². The normalized spacial score (nSPS) is 19.3. The van der Waals surface area contributed by atoms with Crippen LogP contribution in [-0.2, 0) is 23.7 Å². The molecule has 0 radical (unpaired) electrons. The first-order chi connectivity index (χ1) is 13.5. The van der Waals surface area contributed by atoms with Crippen LogP contribution in [0.2, 0.25) is 0 Å². The second-order valence-electron chi connectivity index (χ2n) is 6.24. The van der Waals surface area contributed by atoms with Crippen molar-refractivity contribution >= 4 is 5.91 Å². The summed E-state index contributed by atoms with van der Waals surface area (Å²) in [6, 6.07) is 1.33. The molecule has 29 heavy (non-hydrogen) atoms. The molecule has 1 amide bonds. The number of halogens is 6. The van der Waals surface area contributed by atoms with Crippen LogP contribution in [0.5, 0.6) is 0 Å². The highest BCUT2D eigenvalue weighted by atomic mass is 19.4. The number of alkyl halides is 6. The predicted molar refractivity (Wildman–Crippen MR) is 101 cm³/mol. The van der Waals surface area contributed by atoms with Gasteiger partial charge in [0.15, 0.2) is 0 Å². The van der Waals surface area contributed by atoms with E-state index in [2.05, 4.69) is 5.32 Å². The molecule has 0 atom stereocenters. The molecule has 0 saturated heterocycles. The van der Waals surface area contributed by atoms with Gasteiger partial charge >= 0.3 is 12.4 Å². The molecule has 9 heteroatoms. The highest BCUT2D eigenvalue weighted by Crippen LogP contribution is 2.36. The third-order valence-corrected chi connectivity index (χ3v) is 4.26. The lowest BCUT2D eigenvalue weighted by Gasteiger charge is -2.25. The fourth-order valence-corrected chi connectivity index (χ4v) is 2.84. The Morgan fingerprint density at radius 2 is 1.31 bits per heavy atom. The van der Waals surface area contributed by atoms with Gasteiger partial charge in [0.2, 0.25) is 5.91 Å². The summed E-state index contributed by atoms with van der Waals surface area (Å²) in [5.41, 5.74) is 2.70. The van der Waals surface area contributed by atoms with E-state index in [1.807, 2.05) is 27.7 Å². The number of hydrogen-bond donors (Lipinski definition) is 2. The molecule has 2 rings (SSSR count). The van der Waals surface area contributed by atoms with E-state index in [0.717, 1.165) is 0 Å². The lowest BCUT2D eigenvalue weighted by Crippen LogP contribution is -2.36. The van der Waals surface area contributed by atoms with Crippen molar-refractivity contribution in [1.82, 2.24) is 5.32 Å². The maximum atomic E-state index is 12.8. The Hall–Kier alpha value is -1.77. The standard InChI is InChI=1S/C16H18F6N2O.2C2H6/c17-15(18,19)11-5-9(6-12(7-11)16(20,21)22)8-24-14(25)10-1-3-13(23)4-2-10;2*1-2/h5-7,10,13H,1-4,8,23H2,(H,24,25);2*1-2H3. The summed E-state index contributed by atoms with van der Waals surface area (Å²) in [6.07, 6.45) is -7.36. The predicted octanol–water partition coefficient (Wildman–Crippen LogP) is 5.91. The number of hydrogen-bond acceptors (Lipinski definition) is 2. The fourth-order valence-electron chi connectivity index (χ4n) is 2.84. The number of carbonyl (C=O) groups excluding carboxylic acids is 1. The van der Waals surface area contributed by atoms with Gasteiger partial charge in [0.05, 0.1) is 11.1 Å². The van der Waals surface area contributed by atoms with Crippen molar-refractivity contribution in [2.24, 2.45) is 11.7 Å². The van der Waals surface area contributed by atoms with Crippen molar-refractivity contribution < 1.29 is 31.1 Å². The van der Waals surface area contributed by atoms with Gasteiger partial charge in [0.25, 0.3) is 0 Å². The maximum Gasteiger partial charge on any atom is 0.416 e. The van der Waals surface area contributed by atoms with Gasteiger partial charge in [-0.3, -0.25) is 4.79 Å². The van der Waals surface area contributed by atoms with Crippen LogP contribution in [0.1, 0.15) is 70.1 Å². The number of benzene rings is 1. The molecule has 1 aromatic carbocycles. The average molecular weight is 428 g/mol. The largest absolute Gasteiger partial charge is 0.416 e. The molecule has 168 valence electrons. The van der Waals surface area contributed by atoms with Crippen LogP contribution in [0.4, 0.5) is 26.3 Å². The smallest absolute Gasteiger partial charge is 0.352 e. The maximum absolute atomic E-state index is 12.8. The number of nitrogens with one attached hydrogen (secondary N) is 1. The van der Waals surface area contributed by atoms with Gasteiger partial charge in [0.1, 0.15) is 0 Å². The summed E-state index contributed by atoms with van der Waals surface area (Å²) in [4.78, 5) is 12.0. The van der Waals surface area contributed by atoms with Gasteiger partial charge in [-0.25, -0.2) is 0 Å². The summed E-state index contributed by atoms with van der Waals surface area (Å²) < 4.78 is 76.8. The minimum Gasteiger partial charge on any atom is -0.352 e. The Bertz CT molecular complexity index is 588. The molecule has 0 aromatic heterocycles. The van der Waals surface area contributed by atoms with Crippen molar-refractivity contribution in [3.63, 3.8) is 0 Å². The highest BCUT2D eigenvalue weighted by Gasteiger charge is 2.37. The second kappa shape index (κ2) is 12.0. The third kappa shape index (κ3) is 9.06. The van der Waals surface area contributed by atoms with Gasteiger partial charge in [-0.15, -0.1) is 0 Å². The first-order valence-electron chi connectivity index (χ1n) is 9.78. The van der Waals surface area contributed by atoms with E-state index in [-0.39, 0.29) is 29.5 Å². The van der Waals surface area contributed by atoms with Crippen LogP contribution < -0.4 is 11.1 Å². The molecule has 0 spiro atoms. The Morgan fingerprint density at radius 3 is 1.69 bits per heavy atom. The second-order valence-corrected chi connectivity index (χ2v) is 6.24. The molecule has 1 aromatic rings. The summed E-state index contributed by atoms with van der Waals surface area (Å²) >= 11 is 0. The van der Waals surface area contributed by atoms with Crippen LogP contribution >= 0.6 is 0 Å². The zero-order chi connectivity index (χ0) is 22.8. The minimum absolute atomic E-state index is 0.0295. The van der Waals surface area contributed by atoms with Crippen molar-refractivity contribution in [3.05, 3.63) is 34.9 Å². The van der Waals surface area contributed by atoms with E-state index in [0.29, 0.717) is 37.8 Å². The molecule has 0 bridgehead atoms. The molecule has 0 aliphatic heterocycles. The summed E-state index contributed by atoms with van der Waals surface area (Å²) in [6.45, 7) is 7.61. The quantitative estimate of drug-likeness (QED) is 0.588. The molecule has 1 fully saturated rings. The van der Waals surface area contributed by atoms with E-state index in [9.17, 15) is 31.1 Å². The SMILES string of the molecule is CC.CC.NC1CCC(C(=O)NCc2cc(C(F)(F)F)cc(C(F)(F)F)c2)CC1. The number of amides is 1. The van der Waals surface area contributed by atoms with E-state index < -0.39 is 30.0 Å². The van der Waals surface area contributed by atoms with Crippen molar-refractivity contribution in [2.45, 2.75) is 78.3 Å². The van der Waals surface area contributed by atoms with Crippen molar-refractivity contribution in [2.75, 3.05) is 0 Å². The van der Waals surface area contributed by atoms with Crippen molar-refractivity contribution in [1.29, 1.82) is 0 Å². The molecule has 3 nitrogen and oxygen atoms in total. The summed E-state index contributed by atoms with van der Waals surface area (Å²) in [5.74, 6) is -0.689. The lowest BCUT2D eigenvalue weighted by molar-refractivity contribution is -0.143. The molecule has 1 aliphatic rings. The molecule has 3 N–H and O–H groups in total. The zero-order valence-corrected chi connectivity index (χ0v) is 17.2. The summed E-state index contributed by atoms with van der Waals surface area (Å²) in [5, 5.41) is 2.43. The van der Waals surface area contributed by atoms with Gasteiger partial charge in [0, 0.05) is 18.5 Å². The van der Waals surface area contributed by atoms with Crippen LogP contribution in [-0.4, -0.2) is 11.9 Å². The summed E-state index contributed by atoms with van der Waals surface area (Å²) in [7, 11) is 0. The third-order valence-electron chi connectivity index (χ3n) is 4.26. The lowest BCUT2D eigenvalue weighted by atomic mass is 9.86. The Labute approximate surface area is 168 Å². The van der Waals surface area contributed by atoms with E-state index >= 15 is 0 Å². The monoisotopic (exact) mass is 428 g/mol. The number of nitrogens with two attached hydrogens (primary N) is 1. The minimum atomic E-state index is -4.90. The number of rotatable bonds is 3. The van der Waals surface area contributed by atoms with Crippen LogP contribution in [0.15, 0.2) is 18.2 Å². The van der Waals surface area contributed by atoms with Crippen LogP contribution in [0, 0.1) is 5.92 Å². The molecule has 0 heterocycles. The number of carbonyl (C=O) groups is 1. The Kier molecular flexibility index (Phi) is 11.3. The Morgan fingerprint density at radius 1 is 0.897 bits per heavy atom. The van der Waals surface area contributed by atoms with E-state index in [1.165, 1.54) is 0 Å². The van der Waals surface area contributed by atoms with Crippen LogP contribution in [0.3, 0.4) is 0 Å². The molecular weight excluding hydrogens is 398 g/mol. The molecule has 1 saturated carbocycles. The van der Waals surface area contributed by atoms with Gasteiger partial charge in [-0.2, -0.15) is 26.3 Å². The average Bonchev–Trinajstić information content (AvgIpc) is 2.68. The fraction of sp³-hybridized carbons (Fsp3) is 0.650. The first kappa shape index (κ1) is 27.2. The molecular formula is C20H30F6N2O.